The topological polar surface area (TPSA) is 122 Å². The number of Topliss-reactive ketones (excluding diaryl/α,β-unsaturated/α-hetero) is 1. The minimum Gasteiger partial charge on any atom is -0.505 e. The Kier molecular flexibility index (Phi) is 9.37. The molecule has 0 aliphatic carbocycles. The first-order chi connectivity index (χ1) is 17.7. The maximum Gasteiger partial charge on any atom is 0.412 e. The van der Waals surface area contributed by atoms with Gasteiger partial charge in [-0.05, 0) is 73.9 Å². The summed E-state index contributed by atoms with van der Waals surface area (Å²) in [6.45, 7) is 1.43. The van der Waals surface area contributed by atoms with Gasteiger partial charge in [0.2, 0.25) is 0 Å². The molecule has 0 aliphatic heterocycles. The maximum absolute atomic E-state index is 14.3. The number of phenols is 1. The van der Waals surface area contributed by atoms with Gasteiger partial charge < -0.3 is 19.7 Å². The van der Waals surface area contributed by atoms with Crippen LogP contribution in [-0.4, -0.2) is 34.2 Å². The van der Waals surface area contributed by atoms with Crippen molar-refractivity contribution in [1.29, 1.82) is 0 Å². The molecule has 0 unspecified atom stereocenters. The number of ketones is 1. The molecule has 192 valence electrons. The van der Waals surface area contributed by atoms with Crippen LogP contribution >= 0.6 is 0 Å². The molecule has 0 aliphatic rings. The number of anilines is 1. The first-order valence-electron chi connectivity index (χ1n) is 11.4. The Morgan fingerprint density at radius 2 is 1.73 bits per heavy atom. The van der Waals surface area contributed by atoms with Crippen LogP contribution in [0.2, 0.25) is 0 Å². The number of allylic oxidation sites excluding steroid dienone is 1. The molecule has 0 aromatic heterocycles. The van der Waals surface area contributed by atoms with E-state index in [9.17, 15) is 23.9 Å². The SMILES string of the molecule is CC(=O)c1ccc(NC(=O)O[C@H](c2ccc(O)c(F)c2)[C@@H](CC/C=C/C(=O)O)Oc2ccccc2)cc1. The Hall–Kier alpha value is -4.66. The number of carboxylic acid groups (broad SMARTS) is 1. The number of benzene rings is 3. The third kappa shape index (κ3) is 8.21. The highest BCUT2D eigenvalue weighted by atomic mass is 19.1. The number of ether oxygens (including phenoxy) is 2. The van der Waals surface area contributed by atoms with Crippen molar-refractivity contribution < 1.29 is 38.5 Å². The number of aromatic hydroxyl groups is 1. The lowest BCUT2D eigenvalue weighted by molar-refractivity contribution is -0.131. The Morgan fingerprint density at radius 1 is 1.03 bits per heavy atom. The molecular weight excluding hydrogens is 481 g/mol. The van der Waals surface area contributed by atoms with Crippen LogP contribution in [0.1, 0.15) is 41.8 Å². The molecule has 0 radical (unpaired) electrons. The highest BCUT2D eigenvalue weighted by Gasteiger charge is 2.30. The van der Waals surface area contributed by atoms with Gasteiger partial charge in [0, 0.05) is 17.3 Å². The summed E-state index contributed by atoms with van der Waals surface area (Å²) in [5, 5.41) is 21.1. The fourth-order valence-electron chi connectivity index (χ4n) is 3.50. The number of hydrogen-bond donors (Lipinski definition) is 3. The van der Waals surface area contributed by atoms with Crippen LogP contribution in [0.3, 0.4) is 0 Å². The second-order valence-corrected chi connectivity index (χ2v) is 8.08. The Bertz CT molecular complexity index is 1260. The van der Waals surface area contributed by atoms with Crippen LogP contribution in [0.15, 0.2) is 84.9 Å². The van der Waals surface area contributed by atoms with Crippen molar-refractivity contribution in [3.8, 4) is 11.5 Å². The second-order valence-electron chi connectivity index (χ2n) is 8.08. The van der Waals surface area contributed by atoms with Gasteiger partial charge in [-0.25, -0.2) is 14.0 Å². The lowest BCUT2D eigenvalue weighted by Crippen LogP contribution is -2.31. The molecule has 3 aromatic carbocycles. The molecule has 2 atom stereocenters. The van der Waals surface area contributed by atoms with E-state index in [2.05, 4.69) is 5.32 Å². The van der Waals surface area contributed by atoms with Gasteiger partial charge in [0.25, 0.3) is 0 Å². The fraction of sp³-hybridized carbons (Fsp3) is 0.179. The van der Waals surface area contributed by atoms with Crippen molar-refractivity contribution >= 4 is 23.5 Å². The van der Waals surface area contributed by atoms with Gasteiger partial charge >= 0.3 is 12.1 Å². The molecule has 8 nitrogen and oxygen atoms in total. The first kappa shape index (κ1) is 26.9. The minimum absolute atomic E-state index is 0.124. The van der Waals surface area contributed by atoms with E-state index in [-0.39, 0.29) is 24.2 Å². The number of carbonyl (C=O) groups is 3. The number of nitrogens with one attached hydrogen (secondary N) is 1. The van der Waals surface area contributed by atoms with Gasteiger partial charge in [0.1, 0.15) is 11.9 Å². The lowest BCUT2D eigenvalue weighted by atomic mass is 9.99. The van der Waals surface area contributed by atoms with Gasteiger partial charge in [0.15, 0.2) is 23.5 Å². The molecule has 1 amide bonds. The van der Waals surface area contributed by atoms with Gasteiger partial charge in [-0.15, -0.1) is 0 Å². The number of carboxylic acids is 1. The van der Waals surface area contributed by atoms with E-state index in [4.69, 9.17) is 14.6 Å². The van der Waals surface area contributed by atoms with Gasteiger partial charge in [-0.3, -0.25) is 10.1 Å². The number of aliphatic carboxylic acids is 1. The maximum atomic E-state index is 14.3. The number of hydrogen-bond acceptors (Lipinski definition) is 6. The molecule has 0 fully saturated rings. The molecule has 0 spiro atoms. The number of para-hydroxylation sites is 1. The smallest absolute Gasteiger partial charge is 0.412 e. The summed E-state index contributed by atoms with van der Waals surface area (Å²) in [5.41, 5.74) is 1.07. The summed E-state index contributed by atoms with van der Waals surface area (Å²) < 4.78 is 26.0. The minimum atomic E-state index is -1.13. The fourth-order valence-corrected chi connectivity index (χ4v) is 3.50. The summed E-state index contributed by atoms with van der Waals surface area (Å²) in [6, 6.07) is 18.5. The number of carbonyl (C=O) groups excluding carboxylic acids is 2. The molecule has 3 aromatic rings. The molecule has 9 heteroatoms. The van der Waals surface area contributed by atoms with E-state index in [0.717, 1.165) is 18.2 Å². The van der Waals surface area contributed by atoms with E-state index in [0.29, 0.717) is 17.0 Å². The van der Waals surface area contributed by atoms with E-state index in [1.165, 1.54) is 19.1 Å². The Morgan fingerprint density at radius 3 is 2.35 bits per heavy atom. The average Bonchev–Trinajstić information content (AvgIpc) is 2.87. The summed E-state index contributed by atoms with van der Waals surface area (Å²) in [5.74, 6) is -2.24. The van der Waals surface area contributed by atoms with Crippen LogP contribution in [-0.2, 0) is 9.53 Å². The summed E-state index contributed by atoms with van der Waals surface area (Å²) in [6.07, 6.45) is 0.0598. The van der Waals surface area contributed by atoms with Crippen molar-refractivity contribution in [2.45, 2.75) is 32.0 Å². The van der Waals surface area contributed by atoms with Crippen LogP contribution < -0.4 is 10.1 Å². The second kappa shape index (κ2) is 12.9. The predicted molar refractivity (Wildman–Crippen MR) is 134 cm³/mol. The normalized spacial score (nSPS) is 12.5. The van der Waals surface area contributed by atoms with Gasteiger partial charge in [0.05, 0.1) is 0 Å². The van der Waals surface area contributed by atoms with E-state index in [1.54, 1.807) is 54.6 Å². The molecule has 3 N–H and O–H groups in total. The van der Waals surface area contributed by atoms with Crippen molar-refractivity contribution in [1.82, 2.24) is 0 Å². The summed E-state index contributed by atoms with van der Waals surface area (Å²) in [4.78, 5) is 35.2. The third-order valence-electron chi connectivity index (χ3n) is 5.32. The van der Waals surface area contributed by atoms with Gasteiger partial charge in [-0.2, -0.15) is 0 Å². The molecular formula is C28H26FNO7. The Labute approximate surface area is 213 Å². The van der Waals surface area contributed by atoms with E-state index in [1.807, 2.05) is 0 Å². The predicted octanol–water partition coefficient (Wildman–Crippen LogP) is 5.89. The molecule has 0 heterocycles. The van der Waals surface area contributed by atoms with Crippen molar-refractivity contribution in [3.05, 3.63) is 102 Å². The number of rotatable bonds is 11. The zero-order chi connectivity index (χ0) is 26.8. The van der Waals surface area contributed by atoms with Crippen LogP contribution in [0.5, 0.6) is 11.5 Å². The van der Waals surface area contributed by atoms with Crippen LogP contribution in [0.4, 0.5) is 14.9 Å². The highest BCUT2D eigenvalue weighted by molar-refractivity contribution is 5.95. The number of halogens is 1. The molecule has 0 saturated heterocycles. The Balaban J connectivity index is 1.89. The summed E-state index contributed by atoms with van der Waals surface area (Å²) >= 11 is 0. The summed E-state index contributed by atoms with van der Waals surface area (Å²) in [7, 11) is 0. The van der Waals surface area contributed by atoms with E-state index >= 15 is 0 Å². The van der Waals surface area contributed by atoms with Crippen molar-refractivity contribution in [2.24, 2.45) is 0 Å². The van der Waals surface area contributed by atoms with Crippen LogP contribution in [0, 0.1) is 5.82 Å². The quantitative estimate of drug-likeness (QED) is 0.218. The number of amides is 1. The molecule has 0 bridgehead atoms. The zero-order valence-electron chi connectivity index (χ0n) is 20.0. The van der Waals surface area contributed by atoms with Crippen LogP contribution in [0.25, 0.3) is 0 Å². The monoisotopic (exact) mass is 507 g/mol. The highest BCUT2D eigenvalue weighted by Crippen LogP contribution is 2.31. The lowest BCUT2D eigenvalue weighted by Gasteiger charge is -2.28. The standard InChI is InChI=1S/C28H26FNO7/c1-18(31)19-11-14-21(15-12-19)30-28(35)37-27(20-13-16-24(32)23(29)17-20)25(9-5-6-10-26(33)34)36-22-7-3-2-4-8-22/h2-4,6-8,10-17,25,27,32H,5,9H2,1H3,(H,30,35)(H,33,34)/b10-6+/t25-,27-/m1/s1. The zero-order valence-corrected chi connectivity index (χ0v) is 20.0. The average molecular weight is 508 g/mol. The number of phenolic OH excluding ortho intramolecular Hbond substituents is 1. The molecule has 0 saturated carbocycles. The largest absolute Gasteiger partial charge is 0.505 e. The van der Waals surface area contributed by atoms with Crippen molar-refractivity contribution in [2.75, 3.05) is 5.32 Å². The molecule has 3 rings (SSSR count). The van der Waals surface area contributed by atoms with Gasteiger partial charge in [-0.1, -0.05) is 30.3 Å². The van der Waals surface area contributed by atoms with E-state index < -0.39 is 35.8 Å². The first-order valence-corrected chi connectivity index (χ1v) is 11.4. The molecule has 37 heavy (non-hydrogen) atoms. The van der Waals surface area contributed by atoms with Crippen molar-refractivity contribution in [3.63, 3.8) is 0 Å². The third-order valence-corrected chi connectivity index (χ3v) is 5.32.